The van der Waals surface area contributed by atoms with Crippen molar-refractivity contribution in [3.05, 3.63) is 64.1 Å². The molecule has 86 valence electrons. The van der Waals surface area contributed by atoms with E-state index in [1.54, 1.807) is 6.21 Å². The Morgan fingerprint density at radius 1 is 1.12 bits per heavy atom. The summed E-state index contributed by atoms with van der Waals surface area (Å²) in [5.41, 5.74) is 6.30. The van der Waals surface area contributed by atoms with Crippen LogP contribution in [-0.4, -0.2) is 6.21 Å². The van der Waals surface area contributed by atoms with E-state index in [1.807, 2.05) is 42.5 Å². The van der Waals surface area contributed by atoms with Crippen LogP contribution in [0.25, 0.3) is 0 Å². The first-order chi connectivity index (χ1) is 8.25. The van der Waals surface area contributed by atoms with Crippen LogP contribution >= 0.6 is 15.9 Å². The Morgan fingerprint density at radius 3 is 2.71 bits per heavy atom. The molecular formula is C14H13BrN2. The highest BCUT2D eigenvalue weighted by Gasteiger charge is 1.93. The number of hydrogen-bond acceptors (Lipinski definition) is 2. The quantitative estimate of drug-likeness (QED) is 0.664. The average Bonchev–Trinajstić information content (AvgIpc) is 2.32. The molecule has 0 heterocycles. The van der Waals surface area contributed by atoms with Crippen molar-refractivity contribution in [3.63, 3.8) is 0 Å². The highest BCUT2D eigenvalue weighted by Crippen LogP contribution is 2.13. The van der Waals surface area contributed by atoms with Crippen LogP contribution in [0.3, 0.4) is 0 Å². The van der Waals surface area contributed by atoms with E-state index in [2.05, 4.69) is 39.4 Å². The van der Waals surface area contributed by atoms with Crippen molar-refractivity contribution in [1.29, 1.82) is 0 Å². The maximum Gasteiger partial charge on any atom is 0.0590 e. The number of nitrogens with one attached hydrogen (secondary N) is 1. The van der Waals surface area contributed by atoms with E-state index in [4.69, 9.17) is 0 Å². The number of hydrazone groups is 1. The summed E-state index contributed by atoms with van der Waals surface area (Å²) >= 11 is 3.43. The molecule has 0 atom stereocenters. The van der Waals surface area contributed by atoms with E-state index in [0.29, 0.717) is 0 Å². The lowest BCUT2D eigenvalue weighted by Gasteiger charge is -2.03. The number of rotatable bonds is 3. The van der Waals surface area contributed by atoms with Gasteiger partial charge in [0.25, 0.3) is 0 Å². The Bertz CT molecular complexity index is 535. The molecule has 3 heteroatoms. The number of halogens is 1. The van der Waals surface area contributed by atoms with Crippen LogP contribution in [0, 0.1) is 6.92 Å². The van der Waals surface area contributed by atoms with Gasteiger partial charge in [0, 0.05) is 4.47 Å². The van der Waals surface area contributed by atoms with E-state index >= 15 is 0 Å². The molecule has 0 aliphatic heterocycles. The van der Waals surface area contributed by atoms with Crippen LogP contribution in [0.1, 0.15) is 11.1 Å². The molecule has 17 heavy (non-hydrogen) atoms. The van der Waals surface area contributed by atoms with Gasteiger partial charge in [-0.3, -0.25) is 5.43 Å². The van der Waals surface area contributed by atoms with Gasteiger partial charge in [0.2, 0.25) is 0 Å². The predicted molar refractivity (Wildman–Crippen MR) is 76.5 cm³/mol. The van der Waals surface area contributed by atoms with Crippen LogP contribution in [0.5, 0.6) is 0 Å². The lowest BCUT2D eigenvalue weighted by atomic mass is 10.2. The zero-order valence-corrected chi connectivity index (χ0v) is 11.1. The van der Waals surface area contributed by atoms with E-state index in [0.717, 1.165) is 15.7 Å². The van der Waals surface area contributed by atoms with Crippen LogP contribution < -0.4 is 5.43 Å². The number of para-hydroxylation sites is 1. The van der Waals surface area contributed by atoms with Gasteiger partial charge in [-0.15, -0.1) is 0 Å². The molecule has 2 aromatic rings. The molecule has 0 aromatic heterocycles. The molecule has 0 aliphatic rings. The fourth-order valence-electron chi connectivity index (χ4n) is 1.46. The topological polar surface area (TPSA) is 24.4 Å². The monoisotopic (exact) mass is 288 g/mol. The molecule has 1 N–H and O–H groups in total. The van der Waals surface area contributed by atoms with Crippen molar-refractivity contribution >= 4 is 27.8 Å². The van der Waals surface area contributed by atoms with Crippen molar-refractivity contribution in [2.45, 2.75) is 6.92 Å². The summed E-state index contributed by atoms with van der Waals surface area (Å²) in [5.74, 6) is 0. The first kappa shape index (κ1) is 11.9. The van der Waals surface area contributed by atoms with Crippen LogP contribution in [0.4, 0.5) is 5.69 Å². The van der Waals surface area contributed by atoms with E-state index in [-0.39, 0.29) is 0 Å². The molecular weight excluding hydrogens is 276 g/mol. The molecule has 0 radical (unpaired) electrons. The van der Waals surface area contributed by atoms with Crippen molar-refractivity contribution in [3.8, 4) is 0 Å². The molecule has 2 aromatic carbocycles. The summed E-state index contributed by atoms with van der Waals surface area (Å²) in [4.78, 5) is 0. The first-order valence-corrected chi connectivity index (χ1v) is 6.15. The number of nitrogens with zero attached hydrogens (tertiary/aromatic N) is 1. The van der Waals surface area contributed by atoms with Gasteiger partial charge in [-0.05, 0) is 36.2 Å². The highest BCUT2D eigenvalue weighted by molar-refractivity contribution is 9.10. The fourth-order valence-corrected chi connectivity index (χ4v) is 1.88. The minimum Gasteiger partial charge on any atom is -0.278 e. The predicted octanol–water partition coefficient (Wildman–Crippen LogP) is 4.20. The SMILES string of the molecule is Cc1ccccc1N/N=C/c1cccc(Br)c1. The lowest BCUT2D eigenvalue weighted by Crippen LogP contribution is -1.92. The van der Waals surface area contributed by atoms with Crippen LogP contribution in [0.2, 0.25) is 0 Å². The third kappa shape index (κ3) is 3.43. The summed E-state index contributed by atoms with van der Waals surface area (Å²) < 4.78 is 1.05. The van der Waals surface area contributed by atoms with E-state index in [1.165, 1.54) is 5.56 Å². The summed E-state index contributed by atoms with van der Waals surface area (Å²) in [5, 5.41) is 4.22. The molecule has 0 saturated heterocycles. The van der Waals surface area contributed by atoms with Gasteiger partial charge in [0.1, 0.15) is 0 Å². The second-order valence-electron chi connectivity index (χ2n) is 3.74. The summed E-state index contributed by atoms with van der Waals surface area (Å²) in [7, 11) is 0. The minimum absolute atomic E-state index is 1.03. The summed E-state index contributed by atoms with van der Waals surface area (Å²) in [6.07, 6.45) is 1.80. The largest absolute Gasteiger partial charge is 0.278 e. The molecule has 0 fully saturated rings. The van der Waals surface area contributed by atoms with Crippen molar-refractivity contribution in [1.82, 2.24) is 0 Å². The van der Waals surface area contributed by atoms with Gasteiger partial charge in [-0.25, -0.2) is 0 Å². The van der Waals surface area contributed by atoms with E-state index < -0.39 is 0 Å². The molecule has 2 nitrogen and oxygen atoms in total. The lowest BCUT2D eigenvalue weighted by molar-refractivity contribution is 1.31. The van der Waals surface area contributed by atoms with Gasteiger partial charge in [0.15, 0.2) is 0 Å². The standard InChI is InChI=1S/C14H13BrN2/c1-11-5-2-3-8-14(11)17-16-10-12-6-4-7-13(15)9-12/h2-10,17H,1H3/b16-10+. The maximum atomic E-state index is 4.22. The van der Waals surface area contributed by atoms with Gasteiger partial charge < -0.3 is 0 Å². The first-order valence-electron chi connectivity index (χ1n) is 5.36. The Kier molecular flexibility index (Phi) is 3.94. The molecule has 0 unspecified atom stereocenters. The van der Waals surface area contributed by atoms with Gasteiger partial charge >= 0.3 is 0 Å². The smallest absolute Gasteiger partial charge is 0.0590 e. The molecule has 0 aliphatic carbocycles. The highest BCUT2D eigenvalue weighted by atomic mass is 79.9. The zero-order chi connectivity index (χ0) is 12.1. The Labute approximate surface area is 110 Å². The fraction of sp³-hybridized carbons (Fsp3) is 0.0714. The number of benzene rings is 2. The second-order valence-corrected chi connectivity index (χ2v) is 4.66. The van der Waals surface area contributed by atoms with E-state index in [9.17, 15) is 0 Å². The zero-order valence-electron chi connectivity index (χ0n) is 9.52. The Hall–Kier alpha value is -1.61. The van der Waals surface area contributed by atoms with Gasteiger partial charge in [-0.1, -0.05) is 46.3 Å². The number of hydrogen-bond donors (Lipinski definition) is 1. The summed E-state index contributed by atoms with van der Waals surface area (Å²) in [6, 6.07) is 16.1. The molecule has 2 rings (SSSR count). The number of anilines is 1. The van der Waals surface area contributed by atoms with Gasteiger partial charge in [-0.2, -0.15) is 5.10 Å². The van der Waals surface area contributed by atoms with Crippen molar-refractivity contribution in [2.75, 3.05) is 5.43 Å². The average molecular weight is 289 g/mol. The van der Waals surface area contributed by atoms with Crippen molar-refractivity contribution < 1.29 is 0 Å². The second kappa shape index (κ2) is 5.64. The third-order valence-electron chi connectivity index (χ3n) is 2.39. The normalized spacial score (nSPS) is 10.7. The Balaban J connectivity index is 2.06. The number of aryl methyl sites for hydroxylation is 1. The van der Waals surface area contributed by atoms with Gasteiger partial charge in [0.05, 0.1) is 11.9 Å². The molecule has 0 spiro atoms. The van der Waals surface area contributed by atoms with Crippen molar-refractivity contribution in [2.24, 2.45) is 5.10 Å². The molecule has 0 amide bonds. The summed E-state index contributed by atoms with van der Waals surface area (Å²) in [6.45, 7) is 2.05. The third-order valence-corrected chi connectivity index (χ3v) is 2.89. The van der Waals surface area contributed by atoms with Crippen LogP contribution in [-0.2, 0) is 0 Å². The molecule has 0 saturated carbocycles. The maximum absolute atomic E-state index is 4.22. The Morgan fingerprint density at radius 2 is 1.94 bits per heavy atom. The molecule has 0 bridgehead atoms. The van der Waals surface area contributed by atoms with Crippen LogP contribution in [0.15, 0.2) is 58.1 Å². The minimum atomic E-state index is 1.03.